The summed E-state index contributed by atoms with van der Waals surface area (Å²) in [6, 6.07) is 17.5. The number of nitrogens with one attached hydrogen (secondary N) is 2. The molecule has 3 rings (SSSR count). The van der Waals surface area contributed by atoms with Crippen LogP contribution in [0.4, 0.5) is 5.69 Å². The van der Waals surface area contributed by atoms with Gasteiger partial charge in [-0.15, -0.1) is 0 Å². The van der Waals surface area contributed by atoms with Crippen LogP contribution in [0, 0.1) is 5.92 Å². The molecule has 0 aromatic heterocycles. The molecule has 0 radical (unpaired) electrons. The number of likely N-dealkylation sites (tertiary alicyclic amines) is 1. The highest BCUT2D eigenvalue weighted by Gasteiger charge is 2.26. The molecule has 1 fully saturated rings. The van der Waals surface area contributed by atoms with Crippen molar-refractivity contribution in [3.8, 4) is 0 Å². The van der Waals surface area contributed by atoms with Gasteiger partial charge in [0.05, 0.1) is 12.6 Å². The van der Waals surface area contributed by atoms with E-state index in [0.717, 1.165) is 41.7 Å². The SMILES string of the molecule is CC(NC(=O)CN1CCC(C(=O)Nc2ccccc2)CC1)c1ccc(Br)cc1. The summed E-state index contributed by atoms with van der Waals surface area (Å²) in [7, 11) is 0. The molecule has 148 valence electrons. The minimum Gasteiger partial charge on any atom is -0.348 e. The lowest BCUT2D eigenvalue weighted by Crippen LogP contribution is -2.43. The fourth-order valence-corrected chi connectivity index (χ4v) is 3.71. The first-order valence-electron chi connectivity index (χ1n) is 9.64. The molecule has 1 heterocycles. The second-order valence-electron chi connectivity index (χ2n) is 7.25. The molecule has 6 heteroatoms. The third kappa shape index (κ3) is 5.91. The Morgan fingerprint density at radius 1 is 1.07 bits per heavy atom. The Labute approximate surface area is 174 Å². The van der Waals surface area contributed by atoms with Gasteiger partial charge in [0.2, 0.25) is 11.8 Å². The highest BCUT2D eigenvalue weighted by molar-refractivity contribution is 9.10. The Balaban J connectivity index is 1.41. The van der Waals surface area contributed by atoms with Gasteiger partial charge >= 0.3 is 0 Å². The summed E-state index contributed by atoms with van der Waals surface area (Å²) in [4.78, 5) is 26.9. The van der Waals surface area contributed by atoms with Gasteiger partial charge in [0.1, 0.15) is 0 Å². The Hall–Kier alpha value is -2.18. The lowest BCUT2D eigenvalue weighted by molar-refractivity contribution is -0.124. The normalized spacial score (nSPS) is 16.4. The molecule has 28 heavy (non-hydrogen) atoms. The van der Waals surface area contributed by atoms with Gasteiger partial charge < -0.3 is 10.6 Å². The van der Waals surface area contributed by atoms with Gasteiger partial charge in [-0.2, -0.15) is 0 Å². The molecule has 1 aliphatic heterocycles. The number of hydrogen-bond donors (Lipinski definition) is 2. The van der Waals surface area contributed by atoms with Crippen molar-refractivity contribution < 1.29 is 9.59 Å². The minimum absolute atomic E-state index is 0.00112. The molecule has 1 saturated heterocycles. The number of benzene rings is 2. The van der Waals surface area contributed by atoms with Crippen LogP contribution in [0.2, 0.25) is 0 Å². The molecule has 1 atom stereocenters. The number of amides is 2. The van der Waals surface area contributed by atoms with E-state index in [1.54, 1.807) is 0 Å². The van der Waals surface area contributed by atoms with Gasteiger partial charge in [0, 0.05) is 16.1 Å². The maximum Gasteiger partial charge on any atom is 0.234 e. The predicted molar refractivity (Wildman–Crippen MR) is 115 cm³/mol. The van der Waals surface area contributed by atoms with Crippen molar-refractivity contribution in [3.63, 3.8) is 0 Å². The lowest BCUT2D eigenvalue weighted by Gasteiger charge is -2.31. The first kappa shape index (κ1) is 20.6. The van der Waals surface area contributed by atoms with E-state index in [1.807, 2.05) is 61.5 Å². The first-order valence-corrected chi connectivity index (χ1v) is 10.4. The van der Waals surface area contributed by atoms with E-state index in [9.17, 15) is 9.59 Å². The van der Waals surface area contributed by atoms with Gasteiger partial charge in [-0.05, 0) is 62.7 Å². The van der Waals surface area contributed by atoms with Crippen molar-refractivity contribution in [1.82, 2.24) is 10.2 Å². The first-order chi connectivity index (χ1) is 13.5. The van der Waals surface area contributed by atoms with Crippen molar-refractivity contribution in [2.45, 2.75) is 25.8 Å². The van der Waals surface area contributed by atoms with Crippen LogP contribution in [-0.4, -0.2) is 36.3 Å². The molecular weight excluding hydrogens is 418 g/mol. The molecule has 2 aromatic carbocycles. The number of anilines is 1. The number of carbonyl (C=O) groups excluding carboxylic acids is 2. The van der Waals surface area contributed by atoms with E-state index < -0.39 is 0 Å². The number of nitrogens with zero attached hydrogens (tertiary/aromatic N) is 1. The lowest BCUT2D eigenvalue weighted by atomic mass is 9.95. The molecule has 5 nitrogen and oxygen atoms in total. The summed E-state index contributed by atoms with van der Waals surface area (Å²) in [5, 5.41) is 6.03. The second kappa shape index (κ2) is 9.85. The zero-order valence-corrected chi connectivity index (χ0v) is 17.6. The van der Waals surface area contributed by atoms with Crippen molar-refractivity contribution in [2.24, 2.45) is 5.92 Å². The average Bonchev–Trinajstić information content (AvgIpc) is 2.69. The van der Waals surface area contributed by atoms with Crippen LogP contribution in [0.5, 0.6) is 0 Å². The molecule has 2 amide bonds. The topological polar surface area (TPSA) is 61.4 Å². The van der Waals surface area contributed by atoms with E-state index in [1.165, 1.54) is 0 Å². The number of piperidine rings is 1. The van der Waals surface area contributed by atoms with E-state index in [2.05, 4.69) is 31.5 Å². The Kier molecular flexibility index (Phi) is 7.23. The molecular formula is C22H26BrN3O2. The minimum atomic E-state index is -0.0326. The highest BCUT2D eigenvalue weighted by Crippen LogP contribution is 2.20. The monoisotopic (exact) mass is 443 g/mol. The Bertz CT molecular complexity index is 787. The van der Waals surface area contributed by atoms with Gasteiger partial charge in [-0.1, -0.05) is 46.3 Å². The van der Waals surface area contributed by atoms with E-state index in [0.29, 0.717) is 6.54 Å². The van der Waals surface area contributed by atoms with Gasteiger partial charge in [-0.3, -0.25) is 14.5 Å². The van der Waals surface area contributed by atoms with Crippen molar-refractivity contribution in [3.05, 3.63) is 64.6 Å². The summed E-state index contributed by atoms with van der Waals surface area (Å²) in [5.74, 6) is 0.0861. The van der Waals surface area contributed by atoms with Gasteiger partial charge in [0.25, 0.3) is 0 Å². The number of para-hydroxylation sites is 1. The van der Waals surface area contributed by atoms with Crippen LogP contribution in [0.15, 0.2) is 59.1 Å². The number of rotatable bonds is 6. The number of hydrogen-bond acceptors (Lipinski definition) is 3. The maximum atomic E-state index is 12.4. The van der Waals surface area contributed by atoms with Crippen LogP contribution in [-0.2, 0) is 9.59 Å². The Morgan fingerprint density at radius 2 is 1.71 bits per heavy atom. The third-order valence-corrected chi connectivity index (χ3v) is 5.64. The van der Waals surface area contributed by atoms with Gasteiger partial charge in [0.15, 0.2) is 0 Å². The molecule has 0 aliphatic carbocycles. The zero-order chi connectivity index (χ0) is 19.9. The van der Waals surface area contributed by atoms with E-state index in [4.69, 9.17) is 0 Å². The molecule has 2 N–H and O–H groups in total. The van der Waals surface area contributed by atoms with Gasteiger partial charge in [-0.25, -0.2) is 0 Å². The van der Waals surface area contributed by atoms with Crippen molar-refractivity contribution in [1.29, 1.82) is 0 Å². The quantitative estimate of drug-likeness (QED) is 0.709. The van der Waals surface area contributed by atoms with Crippen molar-refractivity contribution in [2.75, 3.05) is 25.0 Å². The molecule has 0 saturated carbocycles. The molecule has 1 aliphatic rings. The van der Waals surface area contributed by atoms with Crippen LogP contribution in [0.3, 0.4) is 0 Å². The number of halogens is 1. The largest absolute Gasteiger partial charge is 0.348 e. The fourth-order valence-electron chi connectivity index (χ4n) is 3.44. The van der Waals surface area contributed by atoms with Crippen LogP contribution in [0.1, 0.15) is 31.4 Å². The van der Waals surface area contributed by atoms with E-state index in [-0.39, 0.29) is 23.8 Å². The average molecular weight is 444 g/mol. The maximum absolute atomic E-state index is 12.4. The fraction of sp³-hybridized carbons (Fsp3) is 0.364. The van der Waals surface area contributed by atoms with Crippen molar-refractivity contribution >= 4 is 33.4 Å². The Morgan fingerprint density at radius 3 is 2.36 bits per heavy atom. The summed E-state index contributed by atoms with van der Waals surface area (Å²) < 4.78 is 1.02. The standard InChI is InChI=1S/C22H26BrN3O2/c1-16(17-7-9-19(23)10-8-17)24-21(27)15-26-13-11-18(12-14-26)22(28)25-20-5-3-2-4-6-20/h2-10,16,18H,11-15H2,1H3,(H,24,27)(H,25,28). The smallest absolute Gasteiger partial charge is 0.234 e. The number of carbonyl (C=O) groups is 2. The molecule has 1 unspecified atom stereocenters. The third-order valence-electron chi connectivity index (χ3n) is 5.11. The molecule has 2 aromatic rings. The highest BCUT2D eigenvalue weighted by atomic mass is 79.9. The second-order valence-corrected chi connectivity index (χ2v) is 8.16. The summed E-state index contributed by atoms with van der Waals surface area (Å²) in [6.07, 6.45) is 1.54. The molecule has 0 spiro atoms. The molecule has 0 bridgehead atoms. The summed E-state index contributed by atoms with van der Waals surface area (Å²) >= 11 is 3.42. The van der Waals surface area contributed by atoms with E-state index >= 15 is 0 Å². The summed E-state index contributed by atoms with van der Waals surface area (Å²) in [5.41, 5.74) is 1.91. The van der Waals surface area contributed by atoms with Crippen LogP contribution in [0.25, 0.3) is 0 Å². The van der Waals surface area contributed by atoms with Crippen LogP contribution < -0.4 is 10.6 Å². The predicted octanol–water partition coefficient (Wildman–Crippen LogP) is 3.98. The summed E-state index contributed by atoms with van der Waals surface area (Å²) in [6.45, 7) is 3.87. The van der Waals surface area contributed by atoms with Crippen LogP contribution >= 0.6 is 15.9 Å². The zero-order valence-electron chi connectivity index (χ0n) is 16.0.